The smallest absolute Gasteiger partial charge is 0.315 e. The number of hydrogen-bond acceptors (Lipinski definition) is 4. The van der Waals surface area contributed by atoms with Crippen LogP contribution in [0.2, 0.25) is 0 Å². The number of hydrogen-bond donors (Lipinski definition) is 2. The van der Waals surface area contributed by atoms with E-state index in [0.717, 1.165) is 36.1 Å². The molecule has 1 aromatic carbocycles. The predicted octanol–water partition coefficient (Wildman–Crippen LogP) is 3.54. The molecule has 0 radical (unpaired) electrons. The van der Waals surface area contributed by atoms with Gasteiger partial charge in [0.25, 0.3) is 0 Å². The molecule has 0 saturated heterocycles. The van der Waals surface area contributed by atoms with Gasteiger partial charge in [0.1, 0.15) is 11.5 Å². The van der Waals surface area contributed by atoms with Crippen LogP contribution in [0.25, 0.3) is 0 Å². The third-order valence-corrected chi connectivity index (χ3v) is 5.03. The maximum atomic E-state index is 12.7. The van der Waals surface area contributed by atoms with Crippen LogP contribution in [0.15, 0.2) is 42.7 Å². The van der Waals surface area contributed by atoms with Gasteiger partial charge in [0.2, 0.25) is 0 Å². The molecule has 1 atom stereocenters. The predicted molar refractivity (Wildman–Crippen MR) is 99.4 cm³/mol. The topological polar surface area (TPSA) is 72.5 Å². The number of aromatic nitrogens is 1. The average Bonchev–Trinajstić information content (AvgIpc) is 2.64. The summed E-state index contributed by atoms with van der Waals surface area (Å²) in [4.78, 5) is 16.7. The highest BCUT2D eigenvalue weighted by Gasteiger charge is 2.40. The van der Waals surface area contributed by atoms with Gasteiger partial charge in [0.15, 0.2) is 0 Å². The summed E-state index contributed by atoms with van der Waals surface area (Å²) in [5, 5.41) is 6.18. The van der Waals surface area contributed by atoms with Gasteiger partial charge < -0.3 is 20.1 Å². The van der Waals surface area contributed by atoms with Crippen LogP contribution in [0.4, 0.5) is 4.79 Å². The van der Waals surface area contributed by atoms with Crippen LogP contribution in [0, 0.1) is 0 Å². The molecule has 1 unspecified atom stereocenters. The van der Waals surface area contributed by atoms with Gasteiger partial charge in [-0.3, -0.25) is 4.98 Å². The highest BCUT2D eigenvalue weighted by molar-refractivity contribution is 5.76. The first-order valence-corrected chi connectivity index (χ1v) is 8.79. The summed E-state index contributed by atoms with van der Waals surface area (Å²) in [5.41, 5.74) is 1.63. The lowest BCUT2D eigenvalue weighted by molar-refractivity contribution is 0.175. The molecule has 26 heavy (non-hydrogen) atoms. The zero-order valence-corrected chi connectivity index (χ0v) is 15.4. The second kappa shape index (κ2) is 7.64. The lowest BCUT2D eigenvalue weighted by atomic mass is 9.72. The van der Waals surface area contributed by atoms with E-state index < -0.39 is 0 Å². The minimum Gasteiger partial charge on any atom is -0.497 e. The molecule has 1 aliphatic carbocycles. The number of rotatable bonds is 6. The van der Waals surface area contributed by atoms with Gasteiger partial charge in [0, 0.05) is 11.8 Å². The molecule has 1 heterocycles. The molecule has 138 valence electrons. The second-order valence-corrected chi connectivity index (χ2v) is 6.61. The van der Waals surface area contributed by atoms with E-state index in [2.05, 4.69) is 15.6 Å². The molecule has 1 aromatic heterocycles. The molecule has 1 aliphatic rings. The number of methoxy groups -OCH3 is 2. The van der Waals surface area contributed by atoms with Gasteiger partial charge in [-0.05, 0) is 49.9 Å². The molecule has 6 nitrogen and oxygen atoms in total. The van der Waals surface area contributed by atoms with Crippen molar-refractivity contribution < 1.29 is 14.3 Å². The van der Waals surface area contributed by atoms with E-state index >= 15 is 0 Å². The van der Waals surface area contributed by atoms with Crippen molar-refractivity contribution in [3.05, 3.63) is 53.9 Å². The van der Waals surface area contributed by atoms with Gasteiger partial charge in [0.05, 0.1) is 32.0 Å². The lowest BCUT2D eigenvalue weighted by Crippen LogP contribution is -2.54. The monoisotopic (exact) mass is 355 g/mol. The number of urea groups is 1. The van der Waals surface area contributed by atoms with E-state index in [1.165, 1.54) is 0 Å². The molecule has 2 N–H and O–H groups in total. The van der Waals surface area contributed by atoms with Gasteiger partial charge in [-0.25, -0.2) is 4.79 Å². The van der Waals surface area contributed by atoms with Crippen molar-refractivity contribution in [3.63, 3.8) is 0 Å². The third kappa shape index (κ3) is 3.59. The summed E-state index contributed by atoms with van der Waals surface area (Å²) in [6.45, 7) is 1.93. The van der Waals surface area contributed by atoms with Crippen LogP contribution in [-0.4, -0.2) is 25.2 Å². The zero-order valence-electron chi connectivity index (χ0n) is 15.4. The molecule has 3 rings (SSSR count). The molecule has 1 fully saturated rings. The van der Waals surface area contributed by atoms with Crippen LogP contribution in [0.3, 0.4) is 0 Å². The van der Waals surface area contributed by atoms with E-state index in [4.69, 9.17) is 9.47 Å². The largest absolute Gasteiger partial charge is 0.497 e. The number of benzene rings is 1. The summed E-state index contributed by atoms with van der Waals surface area (Å²) < 4.78 is 10.7. The Bertz CT molecular complexity index is 774. The standard InChI is InChI=1S/C20H25N3O3/c1-14(17-8-11-21-13-18(17)26-3)22-19(24)23-20(9-5-10-20)15-6-4-7-16(12-15)25-2/h4,6-8,11-14H,5,9-10H2,1-3H3,(H2,22,23,24). The average molecular weight is 355 g/mol. The van der Waals surface area contributed by atoms with Gasteiger partial charge >= 0.3 is 6.03 Å². The number of carbonyl (C=O) groups excluding carboxylic acids is 1. The molecule has 1 saturated carbocycles. The Morgan fingerprint density at radius 2 is 2.04 bits per heavy atom. The van der Waals surface area contributed by atoms with Crippen molar-refractivity contribution in [1.29, 1.82) is 0 Å². The van der Waals surface area contributed by atoms with Crippen LogP contribution >= 0.6 is 0 Å². The summed E-state index contributed by atoms with van der Waals surface area (Å²) in [6.07, 6.45) is 6.26. The fourth-order valence-corrected chi connectivity index (χ4v) is 3.38. The first kappa shape index (κ1) is 18.0. The van der Waals surface area contributed by atoms with Crippen molar-refractivity contribution in [3.8, 4) is 11.5 Å². The SMILES string of the molecule is COc1cccc(C2(NC(=O)NC(C)c3ccncc3OC)CCC2)c1. The normalized spacial score (nSPS) is 16.1. The minimum atomic E-state index is -0.333. The number of pyridine rings is 1. The molecular weight excluding hydrogens is 330 g/mol. The van der Waals surface area contributed by atoms with Crippen molar-refractivity contribution in [1.82, 2.24) is 15.6 Å². The Balaban J connectivity index is 1.71. The molecule has 2 amide bonds. The molecule has 0 aliphatic heterocycles. The fraction of sp³-hybridized carbons (Fsp3) is 0.400. The Kier molecular flexibility index (Phi) is 5.30. The van der Waals surface area contributed by atoms with Gasteiger partial charge in [-0.2, -0.15) is 0 Å². The minimum absolute atomic E-state index is 0.195. The highest BCUT2D eigenvalue weighted by Crippen LogP contribution is 2.42. The van der Waals surface area contributed by atoms with E-state index in [-0.39, 0.29) is 17.6 Å². The number of nitrogens with zero attached hydrogens (tertiary/aromatic N) is 1. The molecular formula is C20H25N3O3. The van der Waals surface area contributed by atoms with Crippen LogP contribution in [0.5, 0.6) is 11.5 Å². The van der Waals surface area contributed by atoms with Crippen LogP contribution in [-0.2, 0) is 5.54 Å². The highest BCUT2D eigenvalue weighted by atomic mass is 16.5. The van der Waals surface area contributed by atoms with Crippen molar-refractivity contribution in [2.24, 2.45) is 0 Å². The summed E-state index contributed by atoms with van der Waals surface area (Å²) >= 11 is 0. The Hall–Kier alpha value is -2.76. The van der Waals surface area contributed by atoms with E-state index in [9.17, 15) is 4.79 Å². The molecule has 6 heteroatoms. The van der Waals surface area contributed by atoms with E-state index in [1.807, 2.05) is 37.3 Å². The van der Waals surface area contributed by atoms with Crippen molar-refractivity contribution in [2.75, 3.05) is 14.2 Å². The molecule has 0 spiro atoms. The molecule has 0 bridgehead atoms. The van der Waals surface area contributed by atoms with E-state index in [0.29, 0.717) is 5.75 Å². The molecule has 2 aromatic rings. The number of carbonyl (C=O) groups is 1. The summed E-state index contributed by atoms with van der Waals surface area (Å²) in [7, 11) is 3.25. The lowest BCUT2D eigenvalue weighted by Gasteiger charge is -2.43. The van der Waals surface area contributed by atoms with Gasteiger partial charge in [-0.1, -0.05) is 12.1 Å². The Morgan fingerprint density at radius 1 is 1.23 bits per heavy atom. The summed E-state index contributed by atoms with van der Waals surface area (Å²) in [6, 6.07) is 9.36. The van der Waals surface area contributed by atoms with Gasteiger partial charge in [-0.15, -0.1) is 0 Å². The number of amides is 2. The maximum absolute atomic E-state index is 12.7. The van der Waals surface area contributed by atoms with Crippen molar-refractivity contribution in [2.45, 2.75) is 37.8 Å². The Morgan fingerprint density at radius 3 is 2.69 bits per heavy atom. The zero-order chi connectivity index (χ0) is 18.6. The maximum Gasteiger partial charge on any atom is 0.315 e. The summed E-state index contributed by atoms with van der Waals surface area (Å²) in [5.74, 6) is 1.46. The quantitative estimate of drug-likeness (QED) is 0.831. The third-order valence-electron chi connectivity index (χ3n) is 5.03. The second-order valence-electron chi connectivity index (χ2n) is 6.61. The first-order valence-electron chi connectivity index (χ1n) is 8.79. The van der Waals surface area contributed by atoms with Crippen LogP contribution < -0.4 is 20.1 Å². The number of nitrogens with one attached hydrogen (secondary N) is 2. The number of ether oxygens (including phenoxy) is 2. The first-order chi connectivity index (χ1) is 12.6. The van der Waals surface area contributed by atoms with Crippen molar-refractivity contribution >= 4 is 6.03 Å². The fourth-order valence-electron chi connectivity index (χ4n) is 3.38. The van der Waals surface area contributed by atoms with E-state index in [1.54, 1.807) is 26.6 Å². The van der Waals surface area contributed by atoms with Crippen LogP contribution in [0.1, 0.15) is 43.4 Å². The Labute approximate surface area is 153 Å².